The summed E-state index contributed by atoms with van der Waals surface area (Å²) in [6, 6.07) is 16.9. The Morgan fingerprint density at radius 1 is 1.04 bits per heavy atom. The van der Waals surface area contributed by atoms with Crippen LogP contribution in [0, 0.1) is 26.7 Å². The molecule has 4 aromatic rings. The maximum Gasteiger partial charge on any atom is 0.573 e. The van der Waals surface area contributed by atoms with Gasteiger partial charge in [-0.2, -0.15) is 4.99 Å². The Hall–Kier alpha value is -4.25. The Morgan fingerprint density at radius 3 is 2.36 bits per heavy atom. The molecule has 2 heterocycles. The van der Waals surface area contributed by atoms with E-state index in [4.69, 9.17) is 0 Å². The normalized spacial score (nSPS) is 18.3. The molecule has 45 heavy (non-hydrogen) atoms. The number of rotatable bonds is 6. The van der Waals surface area contributed by atoms with Crippen LogP contribution in [0.1, 0.15) is 54.0 Å². The first-order chi connectivity index (χ1) is 21.4. The molecule has 234 valence electrons. The molecule has 11 heteroatoms. The van der Waals surface area contributed by atoms with E-state index in [1.807, 2.05) is 31.2 Å². The lowest BCUT2D eigenvalue weighted by Crippen LogP contribution is -2.26. The Balaban J connectivity index is 1.25. The molecule has 1 aromatic heterocycles. The van der Waals surface area contributed by atoms with E-state index in [0.717, 1.165) is 28.3 Å². The van der Waals surface area contributed by atoms with Gasteiger partial charge in [0.15, 0.2) is 5.82 Å². The van der Waals surface area contributed by atoms with Crippen LogP contribution in [0.3, 0.4) is 0 Å². The molecule has 7 nitrogen and oxygen atoms in total. The quantitative estimate of drug-likeness (QED) is 0.198. The average molecular weight is 634 g/mol. The number of alkyl halides is 3. The highest BCUT2D eigenvalue weighted by molar-refractivity contribution is 8.14. The largest absolute Gasteiger partial charge is 0.573 e. The van der Waals surface area contributed by atoms with Gasteiger partial charge in [-0.15, -0.1) is 30.0 Å². The summed E-state index contributed by atoms with van der Waals surface area (Å²) in [5.41, 5.74) is 7.87. The van der Waals surface area contributed by atoms with E-state index in [9.17, 15) is 18.0 Å². The fraction of sp³-hybridized carbons (Fsp3) is 0.324. The number of urea groups is 1. The lowest BCUT2D eigenvalue weighted by Gasteiger charge is -2.32. The van der Waals surface area contributed by atoms with Gasteiger partial charge in [-0.25, -0.2) is 19.5 Å². The number of aryl methyl sites for hydroxylation is 3. The molecular weight excluding hydrogens is 599 g/mol. The Morgan fingerprint density at radius 2 is 1.71 bits per heavy atom. The van der Waals surface area contributed by atoms with Crippen molar-refractivity contribution in [1.29, 1.82) is 0 Å². The van der Waals surface area contributed by atoms with Gasteiger partial charge in [-0.3, -0.25) is 0 Å². The minimum Gasteiger partial charge on any atom is -0.406 e. The predicted molar refractivity (Wildman–Crippen MR) is 173 cm³/mol. The van der Waals surface area contributed by atoms with Gasteiger partial charge >= 0.3 is 12.4 Å². The summed E-state index contributed by atoms with van der Waals surface area (Å²) in [7, 11) is 0. The molecule has 1 saturated heterocycles. The third-order valence-corrected chi connectivity index (χ3v) is 8.78. The van der Waals surface area contributed by atoms with Gasteiger partial charge in [-0.1, -0.05) is 48.9 Å². The van der Waals surface area contributed by atoms with Crippen molar-refractivity contribution < 1.29 is 22.7 Å². The topological polar surface area (TPSA) is 81.7 Å². The second-order valence-corrected chi connectivity index (χ2v) is 12.5. The first-order valence-electron chi connectivity index (χ1n) is 14.6. The van der Waals surface area contributed by atoms with Gasteiger partial charge in [0, 0.05) is 23.6 Å². The fourth-order valence-corrected chi connectivity index (χ4v) is 7.12. The van der Waals surface area contributed by atoms with Crippen molar-refractivity contribution in [3.63, 3.8) is 0 Å². The SMILES string of the molecule is CC(Cc1ccc(-c2ncn(-c3ccc(OC(F)(F)F)cc3)n2)cc1)=NC(=O)N=C1SCCC(C)C1c1c(C)cc(C)cc1C. The van der Waals surface area contributed by atoms with Crippen LogP contribution in [0.5, 0.6) is 5.75 Å². The van der Waals surface area contributed by atoms with E-state index in [2.05, 4.69) is 64.6 Å². The number of aromatic nitrogens is 3. The standard InChI is InChI=1S/C34H34F3N5O2S/c1-20-16-22(3)29(23(4)17-20)30-21(2)14-15-45-32(30)40-33(43)39-24(5)18-25-6-8-26(9-7-25)31-38-19-42(41-31)27-10-12-28(13-11-27)44-34(35,36)37/h6-13,16-17,19,21,30H,14-15,18H2,1-5H3. The molecule has 1 fully saturated rings. The number of halogens is 3. The molecule has 0 radical (unpaired) electrons. The van der Waals surface area contributed by atoms with Gasteiger partial charge in [0.05, 0.1) is 10.7 Å². The van der Waals surface area contributed by atoms with Gasteiger partial charge in [-0.05, 0) is 92.3 Å². The summed E-state index contributed by atoms with van der Waals surface area (Å²) < 4.78 is 42.7. The van der Waals surface area contributed by atoms with Gasteiger partial charge in [0.2, 0.25) is 0 Å². The van der Waals surface area contributed by atoms with Crippen LogP contribution in [-0.2, 0) is 6.42 Å². The summed E-state index contributed by atoms with van der Waals surface area (Å²) in [6.45, 7) is 10.4. The molecule has 0 N–H and O–H groups in total. The average Bonchev–Trinajstić information content (AvgIpc) is 3.44. The summed E-state index contributed by atoms with van der Waals surface area (Å²) in [5, 5.41) is 5.29. The van der Waals surface area contributed by atoms with Gasteiger partial charge in [0.1, 0.15) is 12.1 Å². The summed E-state index contributed by atoms with van der Waals surface area (Å²) in [6.07, 6.45) is -1.71. The second-order valence-electron chi connectivity index (χ2n) is 11.4. The van der Waals surface area contributed by atoms with Crippen LogP contribution in [-0.4, -0.2) is 43.7 Å². The number of ether oxygens (including phenoxy) is 1. The minimum absolute atomic E-state index is 0.0798. The Kier molecular flexibility index (Phi) is 9.57. The van der Waals surface area contributed by atoms with E-state index < -0.39 is 12.4 Å². The van der Waals surface area contributed by atoms with Gasteiger partial charge < -0.3 is 4.74 Å². The van der Waals surface area contributed by atoms with Crippen molar-refractivity contribution in [1.82, 2.24) is 14.8 Å². The van der Waals surface area contributed by atoms with E-state index in [-0.39, 0.29) is 11.7 Å². The smallest absolute Gasteiger partial charge is 0.406 e. The fourth-order valence-electron chi connectivity index (χ4n) is 5.75. The zero-order chi connectivity index (χ0) is 32.3. The van der Waals surface area contributed by atoms with E-state index >= 15 is 0 Å². The number of carbonyl (C=O) groups excluding carboxylic acids is 1. The second kappa shape index (κ2) is 13.4. The third-order valence-electron chi connectivity index (χ3n) is 7.70. The molecule has 0 saturated carbocycles. The summed E-state index contributed by atoms with van der Waals surface area (Å²) >= 11 is 1.65. The molecule has 1 aliphatic rings. The summed E-state index contributed by atoms with van der Waals surface area (Å²) in [4.78, 5) is 26.1. The number of thioether (sulfide) groups is 1. The van der Waals surface area contributed by atoms with Crippen molar-refractivity contribution in [3.8, 4) is 22.8 Å². The molecule has 2 unspecified atom stereocenters. The number of nitrogens with zero attached hydrogens (tertiary/aromatic N) is 5. The van der Waals surface area contributed by atoms with E-state index in [1.165, 1.54) is 57.5 Å². The molecule has 0 bridgehead atoms. The van der Waals surface area contributed by atoms with Crippen LogP contribution in [0.4, 0.5) is 18.0 Å². The van der Waals surface area contributed by atoms with Crippen molar-refractivity contribution in [2.75, 3.05) is 5.75 Å². The number of aliphatic imine (C=N–C) groups is 2. The monoisotopic (exact) mass is 633 g/mol. The van der Waals surface area contributed by atoms with Crippen molar-refractivity contribution in [2.24, 2.45) is 15.9 Å². The molecule has 3 aromatic carbocycles. The highest BCUT2D eigenvalue weighted by Crippen LogP contribution is 2.41. The van der Waals surface area contributed by atoms with Crippen LogP contribution in [0.25, 0.3) is 17.1 Å². The molecule has 1 aliphatic heterocycles. The van der Waals surface area contributed by atoms with Crippen LogP contribution >= 0.6 is 11.8 Å². The molecule has 0 aliphatic carbocycles. The highest BCUT2D eigenvalue weighted by Gasteiger charge is 2.32. The van der Waals surface area contributed by atoms with E-state index in [1.54, 1.807) is 11.8 Å². The van der Waals surface area contributed by atoms with Crippen molar-refractivity contribution >= 4 is 28.5 Å². The molecule has 2 atom stereocenters. The molecule has 5 rings (SSSR count). The number of hydrogen-bond donors (Lipinski definition) is 0. The number of hydrogen-bond acceptors (Lipinski definition) is 5. The Bertz CT molecular complexity index is 1720. The lowest BCUT2D eigenvalue weighted by atomic mass is 9.81. The maximum atomic E-state index is 13.0. The molecule has 0 spiro atoms. The summed E-state index contributed by atoms with van der Waals surface area (Å²) in [5.74, 6) is 1.53. The number of amides is 2. The minimum atomic E-state index is -4.75. The number of benzene rings is 3. The lowest BCUT2D eigenvalue weighted by molar-refractivity contribution is -0.274. The zero-order valence-corrected chi connectivity index (χ0v) is 26.5. The number of carbonyl (C=O) groups is 1. The van der Waals surface area contributed by atoms with Crippen LogP contribution in [0.15, 0.2) is 77.0 Å². The van der Waals surface area contributed by atoms with Crippen molar-refractivity contribution in [3.05, 3.63) is 94.8 Å². The highest BCUT2D eigenvalue weighted by atomic mass is 32.2. The Labute approximate surface area is 264 Å². The first-order valence-corrected chi connectivity index (χ1v) is 15.6. The van der Waals surface area contributed by atoms with E-state index in [0.29, 0.717) is 29.6 Å². The first kappa shape index (κ1) is 32.2. The van der Waals surface area contributed by atoms with Crippen LogP contribution in [0.2, 0.25) is 0 Å². The van der Waals surface area contributed by atoms with Crippen molar-refractivity contribution in [2.45, 2.75) is 59.7 Å². The maximum absolute atomic E-state index is 13.0. The third kappa shape index (κ3) is 8.08. The molecule has 2 amide bonds. The van der Waals surface area contributed by atoms with Gasteiger partial charge in [0.25, 0.3) is 0 Å². The molecular formula is C34H34F3N5O2S. The zero-order valence-electron chi connectivity index (χ0n) is 25.7. The predicted octanol–water partition coefficient (Wildman–Crippen LogP) is 8.84. The van der Waals surface area contributed by atoms with Crippen LogP contribution < -0.4 is 4.74 Å².